The minimum absolute atomic E-state index is 0.597. The molecule has 0 spiro atoms. The molecule has 5 aromatic carbocycles. The van der Waals surface area contributed by atoms with Crippen LogP contribution in [0.5, 0.6) is 0 Å². The molecule has 0 aliphatic rings. The average Bonchev–Trinajstić information content (AvgIpc) is 3.35. The summed E-state index contributed by atoms with van der Waals surface area (Å²) in [6.07, 6.45) is 3.65. The maximum atomic E-state index is 5.13. The first-order valence-electron chi connectivity index (χ1n) is 19.7. The fourth-order valence-corrected chi connectivity index (χ4v) is 7.13. The number of hydrogen-bond acceptors (Lipinski definition) is 7. The second-order valence-corrected chi connectivity index (χ2v) is 14.2. The Morgan fingerprint density at radius 2 is 0.517 bits per heavy atom. The molecule has 60 heavy (non-hydrogen) atoms. The van der Waals surface area contributed by atoms with Gasteiger partial charge >= 0.3 is 0 Å². The van der Waals surface area contributed by atoms with E-state index in [0.29, 0.717) is 11.6 Å². The summed E-state index contributed by atoms with van der Waals surface area (Å²) < 4.78 is 0. The van der Waals surface area contributed by atoms with Crippen molar-refractivity contribution in [3.05, 3.63) is 213 Å². The lowest BCUT2D eigenvalue weighted by Crippen LogP contribution is -1.98. The van der Waals surface area contributed by atoms with Gasteiger partial charge in [0.1, 0.15) is 0 Å². The summed E-state index contributed by atoms with van der Waals surface area (Å²) in [5.41, 5.74) is 14.0. The van der Waals surface area contributed by atoms with Crippen molar-refractivity contribution in [2.45, 2.75) is 0 Å². The van der Waals surface area contributed by atoms with Crippen LogP contribution in [0.3, 0.4) is 0 Å². The fraction of sp³-hybridized carbons (Fsp3) is 0. The molecular weight excluding hydrogens is 735 g/mol. The van der Waals surface area contributed by atoms with Gasteiger partial charge in [0.05, 0.1) is 45.6 Å². The van der Waals surface area contributed by atoms with Crippen LogP contribution in [0.1, 0.15) is 0 Å². The van der Waals surface area contributed by atoms with Gasteiger partial charge in [-0.1, -0.05) is 152 Å². The van der Waals surface area contributed by atoms with E-state index in [4.69, 9.17) is 34.9 Å². The normalized spacial score (nSPS) is 11.0. The average molecular weight is 770 g/mol. The second-order valence-electron chi connectivity index (χ2n) is 14.2. The van der Waals surface area contributed by atoms with Gasteiger partial charge in [-0.15, -0.1) is 0 Å². The SMILES string of the molecule is c1ccc(-c2cc(-c3ccc(-c4nc(-c5ccccc5)cc(-c5ccccc5)n4)cn3)nc(-c3ccc(-c4nc(-c5ccccc5)cc(-c5ccccc5)n4)cn3)c2)cc1. The molecule has 0 fully saturated rings. The summed E-state index contributed by atoms with van der Waals surface area (Å²) in [6, 6.07) is 67.2. The predicted molar refractivity (Wildman–Crippen MR) is 240 cm³/mol. The Balaban J connectivity index is 1.01. The molecule has 0 N–H and O–H groups in total. The number of benzene rings is 5. The molecule has 0 atom stereocenters. The van der Waals surface area contributed by atoms with Gasteiger partial charge in [-0.25, -0.2) is 24.9 Å². The number of aromatic nitrogens is 7. The molecule has 5 aromatic heterocycles. The number of hydrogen-bond donors (Lipinski definition) is 0. The lowest BCUT2D eigenvalue weighted by molar-refractivity contribution is 1.16. The van der Waals surface area contributed by atoms with E-state index in [9.17, 15) is 0 Å². The number of pyridine rings is 3. The van der Waals surface area contributed by atoms with Crippen molar-refractivity contribution in [2.75, 3.05) is 0 Å². The van der Waals surface area contributed by atoms with E-state index in [1.54, 1.807) is 0 Å². The summed E-state index contributed by atoms with van der Waals surface area (Å²) >= 11 is 0. The summed E-state index contributed by atoms with van der Waals surface area (Å²) in [6.45, 7) is 0. The molecule has 0 unspecified atom stereocenters. The van der Waals surface area contributed by atoms with Crippen LogP contribution in [0.4, 0.5) is 0 Å². The predicted octanol–water partition coefficient (Wildman–Crippen LogP) is 12.5. The molecule has 10 aromatic rings. The molecule has 5 heterocycles. The van der Waals surface area contributed by atoms with Gasteiger partial charge in [0.15, 0.2) is 11.6 Å². The van der Waals surface area contributed by atoms with Crippen LogP contribution in [0.2, 0.25) is 0 Å². The molecule has 0 radical (unpaired) electrons. The third-order valence-electron chi connectivity index (χ3n) is 10.2. The van der Waals surface area contributed by atoms with Gasteiger partial charge in [-0.2, -0.15) is 0 Å². The van der Waals surface area contributed by atoms with Crippen LogP contribution in [-0.4, -0.2) is 34.9 Å². The van der Waals surface area contributed by atoms with Crippen LogP contribution >= 0.6 is 0 Å². The van der Waals surface area contributed by atoms with Crippen molar-refractivity contribution in [1.82, 2.24) is 34.9 Å². The van der Waals surface area contributed by atoms with E-state index in [2.05, 4.69) is 72.8 Å². The van der Waals surface area contributed by atoms with Crippen LogP contribution in [-0.2, 0) is 0 Å². The Morgan fingerprint density at radius 1 is 0.200 bits per heavy atom. The zero-order valence-electron chi connectivity index (χ0n) is 32.3. The van der Waals surface area contributed by atoms with Gasteiger partial charge in [0.2, 0.25) is 0 Å². The monoisotopic (exact) mass is 769 g/mol. The molecule has 0 aliphatic carbocycles. The molecule has 7 nitrogen and oxygen atoms in total. The third-order valence-corrected chi connectivity index (χ3v) is 10.2. The highest BCUT2D eigenvalue weighted by molar-refractivity contribution is 5.77. The Bertz CT molecular complexity index is 2730. The maximum Gasteiger partial charge on any atom is 0.161 e. The molecule has 0 amide bonds. The van der Waals surface area contributed by atoms with Gasteiger partial charge in [0, 0.05) is 45.8 Å². The highest BCUT2D eigenvalue weighted by atomic mass is 14.9. The highest BCUT2D eigenvalue weighted by Gasteiger charge is 2.16. The summed E-state index contributed by atoms with van der Waals surface area (Å²) in [5.74, 6) is 1.19. The maximum absolute atomic E-state index is 5.13. The van der Waals surface area contributed by atoms with Crippen molar-refractivity contribution in [2.24, 2.45) is 0 Å². The van der Waals surface area contributed by atoms with E-state index < -0.39 is 0 Å². The lowest BCUT2D eigenvalue weighted by Gasteiger charge is -2.12. The minimum Gasteiger partial charge on any atom is -0.254 e. The van der Waals surface area contributed by atoms with Crippen molar-refractivity contribution >= 4 is 0 Å². The molecule has 0 saturated carbocycles. The Labute approximate surface area is 347 Å². The quantitative estimate of drug-likeness (QED) is 0.144. The second kappa shape index (κ2) is 16.3. The Kier molecular flexibility index (Phi) is 9.79. The largest absolute Gasteiger partial charge is 0.254 e. The highest BCUT2D eigenvalue weighted by Crippen LogP contribution is 2.33. The topological polar surface area (TPSA) is 90.2 Å². The fourth-order valence-electron chi connectivity index (χ4n) is 7.13. The first kappa shape index (κ1) is 36.1. The smallest absolute Gasteiger partial charge is 0.161 e. The van der Waals surface area contributed by atoms with Gasteiger partial charge < -0.3 is 0 Å². The lowest BCUT2D eigenvalue weighted by atomic mass is 10.0. The van der Waals surface area contributed by atoms with Crippen LogP contribution in [0.15, 0.2) is 213 Å². The van der Waals surface area contributed by atoms with E-state index >= 15 is 0 Å². The van der Waals surface area contributed by atoms with Crippen molar-refractivity contribution in [3.8, 4) is 102 Å². The van der Waals surface area contributed by atoms with Crippen LogP contribution < -0.4 is 0 Å². The molecule has 0 aliphatic heterocycles. The molecule has 0 bridgehead atoms. The Hall–Kier alpha value is -8.29. The minimum atomic E-state index is 0.597. The molecule has 7 heteroatoms. The zero-order valence-corrected chi connectivity index (χ0v) is 32.3. The van der Waals surface area contributed by atoms with E-state index in [0.717, 1.165) is 90.1 Å². The van der Waals surface area contributed by atoms with E-state index in [1.165, 1.54) is 0 Å². The van der Waals surface area contributed by atoms with E-state index in [-0.39, 0.29) is 0 Å². The van der Waals surface area contributed by atoms with Crippen LogP contribution in [0, 0.1) is 0 Å². The molecule has 282 valence electrons. The number of nitrogens with zero attached hydrogens (tertiary/aromatic N) is 7. The van der Waals surface area contributed by atoms with Crippen molar-refractivity contribution in [3.63, 3.8) is 0 Å². The molecular formula is C53H35N7. The summed E-state index contributed by atoms with van der Waals surface area (Å²) in [4.78, 5) is 35.0. The molecule has 0 saturated heterocycles. The van der Waals surface area contributed by atoms with Crippen LogP contribution in [0.25, 0.3) is 102 Å². The summed E-state index contributed by atoms with van der Waals surface area (Å²) in [7, 11) is 0. The van der Waals surface area contributed by atoms with E-state index in [1.807, 2.05) is 140 Å². The standard InChI is InChI=1S/C53H35N7/c1-6-16-36(17-7-1)43-30-50(44-28-26-41(34-54-44)52-57-46(37-18-8-2-9-19-37)32-47(58-52)38-20-10-3-11-21-38)56-51(31-43)45-29-27-42(35-55-45)53-59-48(39-22-12-4-13-23-39)33-49(60-53)40-24-14-5-15-25-40/h1-35H. The zero-order chi connectivity index (χ0) is 40.1. The van der Waals surface area contributed by atoms with Gasteiger partial charge in [0.25, 0.3) is 0 Å². The third kappa shape index (κ3) is 7.71. The molecule has 10 rings (SSSR count). The Morgan fingerprint density at radius 3 is 0.817 bits per heavy atom. The number of rotatable bonds is 9. The summed E-state index contributed by atoms with van der Waals surface area (Å²) in [5, 5.41) is 0. The first-order valence-corrected chi connectivity index (χ1v) is 19.7. The van der Waals surface area contributed by atoms with Crippen molar-refractivity contribution in [1.29, 1.82) is 0 Å². The van der Waals surface area contributed by atoms with Gasteiger partial charge in [-0.3, -0.25) is 9.97 Å². The van der Waals surface area contributed by atoms with Gasteiger partial charge in [-0.05, 0) is 59.7 Å². The van der Waals surface area contributed by atoms with Crippen molar-refractivity contribution < 1.29 is 0 Å². The first-order chi connectivity index (χ1) is 29.7.